The van der Waals surface area contributed by atoms with Crippen LogP contribution >= 0.6 is 11.3 Å². The fourth-order valence-electron chi connectivity index (χ4n) is 2.98. The summed E-state index contributed by atoms with van der Waals surface area (Å²) in [5.74, 6) is -1.41. The number of hydrogen-bond acceptors (Lipinski definition) is 5. The first-order valence-electron chi connectivity index (χ1n) is 9.36. The Balaban J connectivity index is 1.36. The number of amides is 4. The fourth-order valence-corrected chi connectivity index (χ4v) is 3.85. The summed E-state index contributed by atoms with van der Waals surface area (Å²) in [6.45, 7) is -0.427. The van der Waals surface area contributed by atoms with E-state index < -0.39 is 24.4 Å². The lowest BCUT2D eigenvalue weighted by Gasteiger charge is -2.10. The third-order valence-corrected chi connectivity index (χ3v) is 5.38. The number of aromatic nitrogens is 1. The molecule has 31 heavy (non-hydrogen) atoms. The lowest BCUT2D eigenvalue weighted by atomic mass is 10.1. The van der Waals surface area contributed by atoms with Crippen LogP contribution in [0.2, 0.25) is 0 Å². The van der Waals surface area contributed by atoms with Crippen molar-refractivity contribution in [3.63, 3.8) is 0 Å². The molecule has 4 amide bonds. The molecule has 9 heteroatoms. The largest absolute Gasteiger partial charge is 0.329 e. The average molecular weight is 436 g/mol. The van der Waals surface area contributed by atoms with E-state index in [4.69, 9.17) is 0 Å². The van der Waals surface area contributed by atoms with E-state index in [0.717, 1.165) is 20.9 Å². The molecule has 4 rings (SSSR count). The summed E-state index contributed by atoms with van der Waals surface area (Å²) < 4.78 is 13.0. The van der Waals surface area contributed by atoms with Crippen molar-refractivity contribution >= 4 is 40.4 Å². The highest BCUT2D eigenvalue weighted by molar-refractivity contribution is 7.15. The molecule has 2 heterocycles. The Labute approximate surface area is 181 Å². The van der Waals surface area contributed by atoms with Crippen LogP contribution < -0.4 is 10.6 Å². The van der Waals surface area contributed by atoms with Crippen LogP contribution in [0, 0.1) is 5.82 Å². The van der Waals surface area contributed by atoms with E-state index in [1.54, 1.807) is 36.5 Å². The van der Waals surface area contributed by atoms with E-state index in [1.165, 1.54) is 23.5 Å². The number of rotatable bonds is 6. The van der Waals surface area contributed by atoms with Gasteiger partial charge in [-0.2, -0.15) is 0 Å². The molecule has 0 bridgehead atoms. The van der Waals surface area contributed by atoms with Gasteiger partial charge in [0.15, 0.2) is 5.13 Å². The van der Waals surface area contributed by atoms with Crippen molar-refractivity contribution in [2.45, 2.75) is 6.42 Å². The molecule has 0 saturated carbocycles. The molecule has 1 aliphatic rings. The minimum absolute atomic E-state index is 0.111. The van der Waals surface area contributed by atoms with Crippen LogP contribution in [0.4, 0.5) is 14.3 Å². The van der Waals surface area contributed by atoms with Crippen LogP contribution in [0.3, 0.4) is 0 Å². The molecular weight excluding hydrogens is 419 g/mol. The number of anilines is 1. The number of imide groups is 1. The quantitative estimate of drug-likeness (QED) is 0.458. The van der Waals surface area contributed by atoms with Crippen molar-refractivity contribution in [2.75, 3.05) is 11.9 Å². The zero-order valence-electron chi connectivity index (χ0n) is 16.2. The van der Waals surface area contributed by atoms with E-state index in [9.17, 15) is 18.8 Å². The number of nitrogens with one attached hydrogen (secondary N) is 2. The second-order valence-corrected chi connectivity index (χ2v) is 7.89. The molecule has 0 radical (unpaired) electrons. The van der Waals surface area contributed by atoms with Gasteiger partial charge in [0.25, 0.3) is 5.91 Å². The average Bonchev–Trinajstić information content (AvgIpc) is 3.29. The van der Waals surface area contributed by atoms with Crippen molar-refractivity contribution in [3.05, 3.63) is 88.3 Å². The van der Waals surface area contributed by atoms with Crippen molar-refractivity contribution < 1.29 is 18.8 Å². The predicted octanol–water partition coefficient (Wildman–Crippen LogP) is 3.40. The van der Waals surface area contributed by atoms with E-state index in [-0.39, 0.29) is 11.5 Å². The second-order valence-electron chi connectivity index (χ2n) is 6.77. The first-order valence-corrected chi connectivity index (χ1v) is 10.2. The number of benzene rings is 2. The van der Waals surface area contributed by atoms with E-state index in [1.807, 2.05) is 18.2 Å². The smallest absolute Gasteiger partial charge is 0.303 e. The minimum atomic E-state index is -0.654. The van der Waals surface area contributed by atoms with Gasteiger partial charge < -0.3 is 10.6 Å². The SMILES string of the molecule is O=C(CN1C(=O)N/C(=C\c2ccccc2)C1=O)Nc1ncc(Cc2ccc(F)cc2)s1. The number of hydrogen-bond donors (Lipinski definition) is 2. The third-order valence-electron chi connectivity index (χ3n) is 4.47. The Kier molecular flexibility index (Phi) is 5.85. The molecule has 1 aliphatic heterocycles. The number of urea groups is 1. The summed E-state index contributed by atoms with van der Waals surface area (Å²) in [4.78, 5) is 42.9. The van der Waals surface area contributed by atoms with Gasteiger partial charge in [-0.1, -0.05) is 42.5 Å². The molecule has 0 unspecified atom stereocenters. The van der Waals surface area contributed by atoms with E-state index in [0.29, 0.717) is 11.6 Å². The van der Waals surface area contributed by atoms with Crippen LogP contribution in [-0.2, 0) is 16.0 Å². The van der Waals surface area contributed by atoms with Gasteiger partial charge in [-0.05, 0) is 29.3 Å². The number of carbonyl (C=O) groups is 3. The summed E-state index contributed by atoms with van der Waals surface area (Å²) in [7, 11) is 0. The normalized spacial score (nSPS) is 14.7. The molecule has 0 atom stereocenters. The van der Waals surface area contributed by atoms with Gasteiger partial charge in [0, 0.05) is 17.5 Å². The van der Waals surface area contributed by atoms with Gasteiger partial charge >= 0.3 is 6.03 Å². The zero-order valence-corrected chi connectivity index (χ0v) is 17.0. The third kappa shape index (κ3) is 5.01. The van der Waals surface area contributed by atoms with Gasteiger partial charge in [0.2, 0.25) is 5.91 Å². The summed E-state index contributed by atoms with van der Waals surface area (Å²) in [6.07, 6.45) is 3.73. The highest BCUT2D eigenvalue weighted by atomic mass is 32.1. The first kappa shape index (κ1) is 20.4. The summed E-state index contributed by atoms with van der Waals surface area (Å²) in [5.41, 5.74) is 1.79. The van der Waals surface area contributed by atoms with Crippen molar-refractivity contribution in [3.8, 4) is 0 Å². The molecule has 7 nitrogen and oxygen atoms in total. The summed E-state index contributed by atoms with van der Waals surface area (Å²) >= 11 is 1.27. The Morgan fingerprint density at radius 2 is 1.87 bits per heavy atom. The fraction of sp³-hybridized carbons (Fsp3) is 0.0909. The van der Waals surface area contributed by atoms with E-state index in [2.05, 4.69) is 15.6 Å². The number of thiazole rings is 1. The topological polar surface area (TPSA) is 91.4 Å². The summed E-state index contributed by atoms with van der Waals surface area (Å²) in [5, 5.41) is 5.45. The Bertz CT molecular complexity index is 1160. The number of carbonyl (C=O) groups excluding carboxylic acids is 3. The molecule has 2 N–H and O–H groups in total. The van der Waals surface area contributed by atoms with E-state index >= 15 is 0 Å². The molecule has 1 fully saturated rings. The van der Waals surface area contributed by atoms with Gasteiger partial charge in [0.05, 0.1) is 0 Å². The van der Waals surface area contributed by atoms with Crippen LogP contribution in [0.1, 0.15) is 16.0 Å². The molecule has 1 saturated heterocycles. The van der Waals surface area contributed by atoms with Crippen molar-refractivity contribution in [2.24, 2.45) is 0 Å². The Morgan fingerprint density at radius 3 is 2.61 bits per heavy atom. The maximum atomic E-state index is 13.0. The standard InChI is InChI=1S/C22H17FN4O3S/c23-16-8-6-15(7-9-16)10-17-12-24-21(31-17)26-19(28)13-27-20(29)18(25-22(27)30)11-14-4-2-1-3-5-14/h1-9,11-12H,10,13H2,(H,25,30)(H,24,26,28)/b18-11-. The number of halogens is 1. The van der Waals surface area contributed by atoms with Gasteiger partial charge in [-0.15, -0.1) is 11.3 Å². The Hall–Kier alpha value is -3.85. The molecular formula is C22H17FN4O3S. The second kappa shape index (κ2) is 8.88. The monoisotopic (exact) mass is 436 g/mol. The molecule has 156 valence electrons. The van der Waals surface area contributed by atoms with Crippen molar-refractivity contribution in [1.29, 1.82) is 0 Å². The first-order chi connectivity index (χ1) is 15.0. The number of nitrogens with zero attached hydrogens (tertiary/aromatic N) is 2. The van der Waals surface area contributed by atoms with Crippen molar-refractivity contribution in [1.82, 2.24) is 15.2 Å². The van der Waals surface area contributed by atoms with Crippen LogP contribution in [-0.4, -0.2) is 34.3 Å². The highest BCUT2D eigenvalue weighted by Gasteiger charge is 2.35. The minimum Gasteiger partial charge on any atom is -0.303 e. The molecule has 3 aromatic rings. The maximum Gasteiger partial charge on any atom is 0.329 e. The van der Waals surface area contributed by atoms with Crippen LogP contribution in [0.5, 0.6) is 0 Å². The lowest BCUT2D eigenvalue weighted by Crippen LogP contribution is -2.38. The van der Waals surface area contributed by atoms with Gasteiger partial charge in [-0.3, -0.25) is 9.59 Å². The van der Waals surface area contributed by atoms with Gasteiger partial charge in [0.1, 0.15) is 18.1 Å². The molecule has 1 aromatic heterocycles. The zero-order chi connectivity index (χ0) is 21.8. The predicted molar refractivity (Wildman–Crippen MR) is 115 cm³/mol. The maximum absolute atomic E-state index is 13.0. The molecule has 0 aliphatic carbocycles. The van der Waals surface area contributed by atoms with Crippen LogP contribution in [0.15, 0.2) is 66.5 Å². The summed E-state index contributed by atoms with van der Waals surface area (Å²) in [6, 6.07) is 14.6. The van der Waals surface area contributed by atoms with Crippen LogP contribution in [0.25, 0.3) is 6.08 Å². The lowest BCUT2D eigenvalue weighted by molar-refractivity contribution is -0.127. The highest BCUT2D eigenvalue weighted by Crippen LogP contribution is 2.22. The molecule has 2 aromatic carbocycles. The van der Waals surface area contributed by atoms with Gasteiger partial charge in [-0.25, -0.2) is 19.1 Å². The Morgan fingerprint density at radius 1 is 1.13 bits per heavy atom. The molecule has 0 spiro atoms.